The van der Waals surface area contributed by atoms with Crippen molar-refractivity contribution in [3.63, 3.8) is 0 Å². The van der Waals surface area contributed by atoms with E-state index in [2.05, 4.69) is 0 Å². The number of hydrogen-bond donors (Lipinski definition) is 1. The highest BCUT2D eigenvalue weighted by molar-refractivity contribution is 5.87. The Morgan fingerprint density at radius 2 is 2.08 bits per heavy atom. The van der Waals surface area contributed by atoms with E-state index in [1.807, 2.05) is 0 Å². The summed E-state index contributed by atoms with van der Waals surface area (Å²) in [6, 6.07) is 0. The monoisotopic (exact) mass is 168 g/mol. The van der Waals surface area contributed by atoms with Crippen LogP contribution in [0.1, 0.15) is 44.9 Å². The molecule has 2 atom stereocenters. The average molecular weight is 168 g/mol. The zero-order valence-corrected chi connectivity index (χ0v) is 7.38. The molecule has 2 rings (SSSR count). The highest BCUT2D eigenvalue weighted by Gasteiger charge is 2.41. The Morgan fingerprint density at radius 3 is 2.92 bits per heavy atom. The normalized spacial score (nSPS) is 42.4. The summed E-state index contributed by atoms with van der Waals surface area (Å²) < 4.78 is 0. The van der Waals surface area contributed by atoms with Crippen molar-refractivity contribution in [2.24, 2.45) is 5.92 Å². The molecule has 12 heavy (non-hydrogen) atoms. The SMILES string of the molecule is O=C1CCCC2CCCC1(O)C2. The summed E-state index contributed by atoms with van der Waals surface area (Å²) in [5, 5.41) is 10.0. The lowest BCUT2D eigenvalue weighted by atomic mass is 9.77. The quantitative estimate of drug-likeness (QED) is 0.597. The summed E-state index contributed by atoms with van der Waals surface area (Å²) in [6.07, 6.45) is 6.45. The highest BCUT2D eigenvalue weighted by Crippen LogP contribution is 2.39. The standard InChI is InChI=1S/C10H16O2/c11-9-5-1-3-8-4-2-6-10(9,12)7-8/h8,12H,1-7H2. The van der Waals surface area contributed by atoms with Crippen LogP contribution in [-0.4, -0.2) is 16.5 Å². The fraction of sp³-hybridized carbons (Fsp3) is 0.900. The van der Waals surface area contributed by atoms with E-state index >= 15 is 0 Å². The Bertz CT molecular complexity index is 200. The van der Waals surface area contributed by atoms with Crippen LogP contribution in [0, 0.1) is 5.92 Å². The molecule has 0 amide bonds. The summed E-state index contributed by atoms with van der Waals surface area (Å²) >= 11 is 0. The van der Waals surface area contributed by atoms with Crippen molar-refractivity contribution in [2.45, 2.75) is 50.5 Å². The first-order valence-corrected chi connectivity index (χ1v) is 4.96. The molecule has 68 valence electrons. The van der Waals surface area contributed by atoms with Gasteiger partial charge in [-0.2, -0.15) is 0 Å². The average Bonchev–Trinajstić information content (AvgIpc) is 2.12. The Labute approximate surface area is 73.0 Å². The Balaban J connectivity index is 2.20. The first-order chi connectivity index (χ1) is 5.71. The van der Waals surface area contributed by atoms with Gasteiger partial charge in [-0.3, -0.25) is 4.79 Å². The van der Waals surface area contributed by atoms with Gasteiger partial charge in [-0.25, -0.2) is 0 Å². The predicted octanol–water partition coefficient (Wildman–Crippen LogP) is 1.66. The zero-order valence-electron chi connectivity index (χ0n) is 7.38. The Hall–Kier alpha value is -0.370. The lowest BCUT2D eigenvalue weighted by Gasteiger charge is -2.33. The maximum absolute atomic E-state index is 11.5. The Morgan fingerprint density at radius 1 is 1.33 bits per heavy atom. The molecular formula is C10H16O2. The summed E-state index contributed by atoms with van der Waals surface area (Å²) in [5.74, 6) is 0.722. The van der Waals surface area contributed by atoms with Gasteiger partial charge in [-0.05, 0) is 38.0 Å². The second kappa shape index (κ2) is 2.84. The molecule has 0 aromatic carbocycles. The minimum Gasteiger partial charge on any atom is -0.382 e. The molecule has 0 aromatic heterocycles. The van der Waals surface area contributed by atoms with Crippen molar-refractivity contribution < 1.29 is 9.90 Å². The van der Waals surface area contributed by atoms with E-state index in [4.69, 9.17) is 0 Å². The van der Waals surface area contributed by atoms with Crippen LogP contribution in [0.4, 0.5) is 0 Å². The van der Waals surface area contributed by atoms with Crippen LogP contribution >= 0.6 is 0 Å². The number of ketones is 1. The van der Waals surface area contributed by atoms with Gasteiger partial charge in [0.1, 0.15) is 5.60 Å². The molecule has 2 fully saturated rings. The highest BCUT2D eigenvalue weighted by atomic mass is 16.3. The summed E-state index contributed by atoms with van der Waals surface area (Å²) in [7, 11) is 0. The van der Waals surface area contributed by atoms with Crippen molar-refractivity contribution >= 4 is 5.78 Å². The maximum atomic E-state index is 11.5. The lowest BCUT2D eigenvalue weighted by Crippen LogP contribution is -2.41. The van der Waals surface area contributed by atoms with Crippen LogP contribution in [0.2, 0.25) is 0 Å². The number of Topliss-reactive ketones (excluding diaryl/α,β-unsaturated/α-hetero) is 1. The van der Waals surface area contributed by atoms with E-state index in [0.29, 0.717) is 18.8 Å². The van der Waals surface area contributed by atoms with Gasteiger partial charge in [0.15, 0.2) is 5.78 Å². The smallest absolute Gasteiger partial charge is 0.164 e. The van der Waals surface area contributed by atoms with E-state index < -0.39 is 5.60 Å². The molecule has 2 nitrogen and oxygen atoms in total. The van der Waals surface area contributed by atoms with Crippen LogP contribution < -0.4 is 0 Å². The first kappa shape index (κ1) is 8.24. The van der Waals surface area contributed by atoms with Crippen LogP contribution in [0.25, 0.3) is 0 Å². The molecule has 2 saturated carbocycles. The lowest BCUT2D eigenvalue weighted by molar-refractivity contribution is -0.140. The number of fused-ring (bicyclic) bond motifs is 2. The van der Waals surface area contributed by atoms with Crippen LogP contribution in [-0.2, 0) is 4.79 Å². The minimum atomic E-state index is -0.917. The molecule has 0 heterocycles. The number of hydrogen-bond acceptors (Lipinski definition) is 2. The first-order valence-electron chi connectivity index (χ1n) is 4.96. The fourth-order valence-electron chi connectivity index (χ4n) is 2.65. The maximum Gasteiger partial charge on any atom is 0.164 e. The number of carbonyl (C=O) groups excluding carboxylic acids is 1. The molecule has 1 N–H and O–H groups in total. The zero-order chi connectivity index (χ0) is 8.60. The molecule has 0 aliphatic heterocycles. The van der Waals surface area contributed by atoms with Crippen LogP contribution in [0.3, 0.4) is 0 Å². The van der Waals surface area contributed by atoms with Gasteiger partial charge in [0.25, 0.3) is 0 Å². The van der Waals surface area contributed by atoms with Gasteiger partial charge in [0, 0.05) is 6.42 Å². The molecule has 0 spiro atoms. The molecule has 0 saturated heterocycles. The predicted molar refractivity (Wildman–Crippen MR) is 45.8 cm³/mol. The van der Waals surface area contributed by atoms with Gasteiger partial charge in [-0.1, -0.05) is 6.42 Å². The molecule has 2 heteroatoms. The molecule has 2 unspecified atom stereocenters. The van der Waals surface area contributed by atoms with E-state index in [0.717, 1.165) is 25.7 Å². The molecule has 2 aliphatic rings. The van der Waals surface area contributed by atoms with Crippen molar-refractivity contribution in [3.8, 4) is 0 Å². The van der Waals surface area contributed by atoms with Gasteiger partial charge < -0.3 is 5.11 Å². The van der Waals surface area contributed by atoms with E-state index in [1.54, 1.807) is 0 Å². The second-order valence-electron chi connectivity index (χ2n) is 4.31. The molecule has 0 radical (unpaired) electrons. The van der Waals surface area contributed by atoms with Crippen molar-refractivity contribution in [1.29, 1.82) is 0 Å². The van der Waals surface area contributed by atoms with Crippen molar-refractivity contribution in [2.75, 3.05) is 0 Å². The molecular weight excluding hydrogens is 152 g/mol. The summed E-state index contributed by atoms with van der Waals surface area (Å²) in [4.78, 5) is 11.5. The second-order valence-corrected chi connectivity index (χ2v) is 4.31. The number of aliphatic hydroxyl groups is 1. The van der Waals surface area contributed by atoms with E-state index in [9.17, 15) is 9.90 Å². The van der Waals surface area contributed by atoms with Crippen LogP contribution in [0.15, 0.2) is 0 Å². The number of rotatable bonds is 0. The van der Waals surface area contributed by atoms with Gasteiger partial charge in [0.2, 0.25) is 0 Å². The topological polar surface area (TPSA) is 37.3 Å². The fourth-order valence-corrected chi connectivity index (χ4v) is 2.65. The third-order valence-corrected chi connectivity index (χ3v) is 3.36. The summed E-state index contributed by atoms with van der Waals surface area (Å²) in [6.45, 7) is 0. The molecule has 0 aromatic rings. The van der Waals surface area contributed by atoms with E-state index in [1.165, 1.54) is 6.42 Å². The molecule has 2 aliphatic carbocycles. The summed E-state index contributed by atoms with van der Waals surface area (Å²) in [5.41, 5.74) is -0.917. The van der Waals surface area contributed by atoms with Crippen molar-refractivity contribution in [3.05, 3.63) is 0 Å². The minimum absolute atomic E-state index is 0.102. The van der Waals surface area contributed by atoms with Gasteiger partial charge in [-0.15, -0.1) is 0 Å². The van der Waals surface area contributed by atoms with Gasteiger partial charge >= 0.3 is 0 Å². The molecule has 2 bridgehead atoms. The number of carbonyl (C=O) groups is 1. The van der Waals surface area contributed by atoms with Crippen LogP contribution in [0.5, 0.6) is 0 Å². The Kier molecular flexibility index (Phi) is 1.95. The van der Waals surface area contributed by atoms with Crippen molar-refractivity contribution in [1.82, 2.24) is 0 Å². The van der Waals surface area contributed by atoms with E-state index in [-0.39, 0.29) is 5.78 Å². The van der Waals surface area contributed by atoms with Gasteiger partial charge in [0.05, 0.1) is 0 Å². The third kappa shape index (κ3) is 1.28. The largest absolute Gasteiger partial charge is 0.382 e. The third-order valence-electron chi connectivity index (χ3n) is 3.36.